The molecule has 0 amide bonds. The van der Waals surface area contributed by atoms with Crippen LogP contribution >= 0.6 is 0 Å². The predicted molar refractivity (Wildman–Crippen MR) is 156 cm³/mol. The number of fused-ring (bicyclic) bond motifs is 1. The van der Waals surface area contributed by atoms with E-state index < -0.39 is 72.6 Å². The van der Waals surface area contributed by atoms with Crippen LogP contribution in [0.2, 0.25) is 0 Å². The van der Waals surface area contributed by atoms with Crippen LogP contribution in [0.4, 0.5) is 0 Å². The van der Waals surface area contributed by atoms with Crippen LogP contribution in [0.3, 0.4) is 0 Å². The Balaban J connectivity index is 1.54. The molecule has 250 valence electrons. The summed E-state index contributed by atoms with van der Waals surface area (Å²) in [5, 5.41) is 75.0. The molecule has 0 aromatic heterocycles. The summed E-state index contributed by atoms with van der Waals surface area (Å²) in [4.78, 5) is 0. The molecule has 2 saturated heterocycles. The monoisotopic (exact) mass is 616 g/mol. The highest BCUT2D eigenvalue weighted by molar-refractivity contribution is 5.10. The second kappa shape index (κ2) is 12.5. The number of aliphatic hydroxyl groups excluding tert-OH is 6. The van der Waals surface area contributed by atoms with Crippen LogP contribution in [0.15, 0.2) is 12.7 Å². The molecule has 11 nitrogen and oxygen atoms in total. The minimum Gasteiger partial charge on any atom is -0.393 e. The van der Waals surface area contributed by atoms with E-state index >= 15 is 0 Å². The van der Waals surface area contributed by atoms with Gasteiger partial charge in [-0.05, 0) is 88.9 Å². The van der Waals surface area contributed by atoms with Crippen LogP contribution in [0.5, 0.6) is 0 Å². The first-order chi connectivity index (χ1) is 19.8. The van der Waals surface area contributed by atoms with Gasteiger partial charge in [0.05, 0.1) is 29.5 Å². The van der Waals surface area contributed by atoms with Crippen LogP contribution in [0, 0.1) is 22.7 Å². The molecule has 4 fully saturated rings. The summed E-state index contributed by atoms with van der Waals surface area (Å²) in [7, 11) is 0. The first-order valence-electron chi connectivity index (χ1n) is 15.9. The van der Waals surface area contributed by atoms with Gasteiger partial charge in [-0.1, -0.05) is 26.8 Å². The molecule has 0 bridgehead atoms. The third kappa shape index (κ3) is 6.47. The molecule has 43 heavy (non-hydrogen) atoms. The molecular weight excluding hydrogens is 560 g/mol. The highest BCUT2D eigenvalue weighted by atomic mass is 16.8. The second-order valence-electron chi connectivity index (χ2n) is 15.0. The molecule has 0 aromatic carbocycles. The van der Waals surface area contributed by atoms with E-state index in [0.29, 0.717) is 25.7 Å². The van der Waals surface area contributed by atoms with Crippen molar-refractivity contribution in [3.8, 4) is 0 Å². The van der Waals surface area contributed by atoms with E-state index in [0.717, 1.165) is 12.8 Å². The molecule has 4 aliphatic rings. The van der Waals surface area contributed by atoms with Crippen LogP contribution in [0.1, 0.15) is 87.0 Å². The summed E-state index contributed by atoms with van der Waals surface area (Å²) < 4.78 is 23.9. The van der Waals surface area contributed by atoms with Crippen molar-refractivity contribution in [1.82, 2.24) is 0 Å². The van der Waals surface area contributed by atoms with Gasteiger partial charge in [0.25, 0.3) is 0 Å². The maximum Gasteiger partial charge on any atom is 0.187 e. The second-order valence-corrected chi connectivity index (χ2v) is 15.0. The highest BCUT2D eigenvalue weighted by Crippen LogP contribution is 2.63. The molecule has 0 unspecified atom stereocenters. The maximum atomic E-state index is 11.7. The Morgan fingerprint density at radius 3 is 2.02 bits per heavy atom. The Bertz CT molecular complexity index is 975. The lowest BCUT2D eigenvalue weighted by molar-refractivity contribution is -0.370. The van der Waals surface area contributed by atoms with E-state index in [1.807, 2.05) is 13.8 Å². The highest BCUT2D eigenvalue weighted by Gasteiger charge is 2.60. The molecule has 7 N–H and O–H groups in total. The number of ether oxygens (including phenoxy) is 4. The lowest BCUT2D eigenvalue weighted by atomic mass is 9.44. The molecule has 11 heteroatoms. The van der Waals surface area contributed by atoms with E-state index in [-0.39, 0.29) is 28.8 Å². The summed E-state index contributed by atoms with van der Waals surface area (Å²) in [5.74, 6) is 0.152. The molecule has 16 atom stereocenters. The minimum absolute atomic E-state index is 0.0840. The summed E-state index contributed by atoms with van der Waals surface area (Å²) in [5.41, 5.74) is -2.40. The van der Waals surface area contributed by atoms with Crippen LogP contribution < -0.4 is 0 Å². The third-order valence-electron chi connectivity index (χ3n) is 11.6. The average molecular weight is 617 g/mol. The van der Waals surface area contributed by atoms with Gasteiger partial charge in [0.2, 0.25) is 0 Å². The van der Waals surface area contributed by atoms with Crippen molar-refractivity contribution in [1.29, 1.82) is 0 Å². The first kappa shape index (κ1) is 35.2. The largest absolute Gasteiger partial charge is 0.393 e. The van der Waals surface area contributed by atoms with Crippen LogP contribution in [0.25, 0.3) is 0 Å². The molecule has 0 spiro atoms. The van der Waals surface area contributed by atoms with Gasteiger partial charge >= 0.3 is 0 Å². The first-order valence-corrected chi connectivity index (χ1v) is 15.9. The van der Waals surface area contributed by atoms with Crippen molar-refractivity contribution >= 4 is 0 Å². The zero-order chi connectivity index (χ0) is 32.3. The van der Waals surface area contributed by atoms with E-state index in [4.69, 9.17) is 18.9 Å². The lowest BCUT2D eigenvalue weighted by Crippen LogP contribution is -2.64. The number of aliphatic hydroxyl groups is 7. The number of rotatable bonds is 8. The molecular formula is C32H56O11. The Morgan fingerprint density at radius 2 is 1.42 bits per heavy atom. The molecule has 2 aliphatic heterocycles. The van der Waals surface area contributed by atoms with Crippen molar-refractivity contribution < 1.29 is 54.7 Å². The molecule has 2 aliphatic carbocycles. The Kier molecular flexibility index (Phi) is 10.2. The zero-order valence-electron chi connectivity index (χ0n) is 26.8. The normalized spacial score (nSPS) is 51.7. The Morgan fingerprint density at radius 1 is 0.837 bits per heavy atom. The summed E-state index contributed by atoms with van der Waals surface area (Å²) in [6, 6.07) is 0. The average Bonchev–Trinajstić information content (AvgIpc) is 2.92. The molecule has 0 radical (unpaired) electrons. The van der Waals surface area contributed by atoms with E-state index in [1.54, 1.807) is 13.0 Å². The molecule has 4 rings (SSSR count). The Labute approximate surface area is 255 Å². The van der Waals surface area contributed by atoms with Crippen molar-refractivity contribution in [3.05, 3.63) is 12.7 Å². The van der Waals surface area contributed by atoms with Crippen molar-refractivity contribution in [2.45, 2.75) is 166 Å². The van der Waals surface area contributed by atoms with Gasteiger partial charge < -0.3 is 54.7 Å². The van der Waals surface area contributed by atoms with Crippen LogP contribution in [-0.4, -0.2) is 114 Å². The van der Waals surface area contributed by atoms with E-state index in [2.05, 4.69) is 27.4 Å². The van der Waals surface area contributed by atoms with Gasteiger partial charge in [-0.3, -0.25) is 0 Å². The number of hydrogen-bond acceptors (Lipinski definition) is 11. The maximum absolute atomic E-state index is 11.7. The van der Waals surface area contributed by atoms with Crippen LogP contribution in [-0.2, 0) is 18.9 Å². The Hall–Kier alpha value is -0.700. The SMILES string of the molecule is C=C[C@](C)(CC[C@H]1[C@]2(C)CC[C@@H](O)C(C)(C)[C@H]2CC[C@@]1(C)O)O[C@@H]1O[C@@H](C)[C@H](O)[C@@H](O)[C@H]1O[C@@H]1O[C@H](C)[C@@H](O)[C@H](O)[C@H]1O. The summed E-state index contributed by atoms with van der Waals surface area (Å²) in [6.07, 6.45) is -7.70. The van der Waals surface area contributed by atoms with Crippen molar-refractivity contribution in [2.75, 3.05) is 0 Å². The van der Waals surface area contributed by atoms with Gasteiger partial charge in [0.1, 0.15) is 36.6 Å². The fourth-order valence-corrected chi connectivity index (χ4v) is 8.58. The minimum atomic E-state index is -1.62. The predicted octanol–water partition coefficient (Wildman–Crippen LogP) is 1.37. The van der Waals surface area contributed by atoms with Gasteiger partial charge in [-0.25, -0.2) is 0 Å². The van der Waals surface area contributed by atoms with Gasteiger partial charge in [0.15, 0.2) is 12.6 Å². The van der Waals surface area contributed by atoms with Gasteiger partial charge in [-0.15, -0.1) is 6.58 Å². The quantitative estimate of drug-likeness (QED) is 0.196. The molecule has 2 heterocycles. The fourth-order valence-electron chi connectivity index (χ4n) is 8.58. The fraction of sp³-hybridized carbons (Fsp3) is 0.938. The van der Waals surface area contributed by atoms with E-state index in [9.17, 15) is 35.7 Å². The number of hydrogen-bond donors (Lipinski definition) is 7. The topological polar surface area (TPSA) is 179 Å². The van der Waals surface area contributed by atoms with Crippen molar-refractivity contribution in [3.63, 3.8) is 0 Å². The standard InChI is InChI=1S/C32H56O11/c1-9-30(6,13-10-19-31(7)14-12-20(33)29(4,5)18(31)11-15-32(19,8)39)43-28-26(24(37)22(35)17(3)41-28)42-27-25(38)23(36)21(34)16(2)40-27/h9,16-28,33-39H,1,10-15H2,2-8H3/t16-,17+,18-,19+,20-,21-,22+,23+,24-,25-,26-,27+,28+,30-,31-,32-/m1/s1. The third-order valence-corrected chi connectivity index (χ3v) is 11.6. The van der Waals surface area contributed by atoms with E-state index in [1.165, 1.54) is 6.92 Å². The van der Waals surface area contributed by atoms with Crippen molar-refractivity contribution in [2.24, 2.45) is 22.7 Å². The van der Waals surface area contributed by atoms with Gasteiger partial charge in [-0.2, -0.15) is 0 Å². The smallest absolute Gasteiger partial charge is 0.187 e. The summed E-state index contributed by atoms with van der Waals surface area (Å²) in [6.45, 7) is 17.4. The lowest BCUT2D eigenvalue weighted by Gasteiger charge is -2.62. The molecule has 2 saturated carbocycles. The molecule has 0 aromatic rings. The summed E-state index contributed by atoms with van der Waals surface area (Å²) >= 11 is 0. The van der Waals surface area contributed by atoms with Gasteiger partial charge in [0, 0.05) is 0 Å². The zero-order valence-corrected chi connectivity index (χ0v) is 26.8.